The number of hydrogen-bond donors (Lipinski definition) is 0. The molecule has 9 aromatic rings. The Morgan fingerprint density at radius 3 is 1.49 bits per heavy atom. The Hall–Kier alpha value is -6.58. The molecule has 3 heteroatoms. The van der Waals surface area contributed by atoms with E-state index in [0.29, 0.717) is 5.82 Å². The summed E-state index contributed by atoms with van der Waals surface area (Å²) in [5.74, 6) is 0.670. The van der Waals surface area contributed by atoms with Crippen LogP contribution in [0.2, 0.25) is 0 Å². The molecule has 0 atom stereocenters. The van der Waals surface area contributed by atoms with Gasteiger partial charge in [-0.3, -0.25) is 0 Å². The molecule has 0 unspecified atom stereocenters. The second-order valence-electron chi connectivity index (χ2n) is 12.2. The van der Waals surface area contributed by atoms with Gasteiger partial charge in [-0.25, -0.2) is 9.97 Å². The van der Waals surface area contributed by atoms with Crippen LogP contribution in [0.4, 0.5) is 0 Å². The van der Waals surface area contributed by atoms with Crippen molar-refractivity contribution in [3.05, 3.63) is 182 Å². The van der Waals surface area contributed by atoms with Gasteiger partial charge in [0.25, 0.3) is 0 Å². The fourth-order valence-corrected chi connectivity index (χ4v) is 6.75. The van der Waals surface area contributed by atoms with Crippen LogP contribution < -0.4 is 0 Å². The van der Waals surface area contributed by atoms with E-state index in [-0.39, 0.29) is 0 Å². The van der Waals surface area contributed by atoms with Crippen LogP contribution in [0, 0.1) is 0 Å². The van der Waals surface area contributed by atoms with Gasteiger partial charge in [0.2, 0.25) is 0 Å². The molecule has 2 heterocycles. The zero-order valence-electron chi connectivity index (χ0n) is 26.6. The Labute approximate surface area is 284 Å². The Morgan fingerprint density at radius 1 is 0.327 bits per heavy atom. The van der Waals surface area contributed by atoms with Crippen molar-refractivity contribution in [1.82, 2.24) is 9.97 Å². The quantitative estimate of drug-likeness (QED) is 0.184. The van der Waals surface area contributed by atoms with Crippen molar-refractivity contribution in [2.45, 2.75) is 0 Å². The molecule has 0 saturated heterocycles. The van der Waals surface area contributed by atoms with Crippen LogP contribution in [0.1, 0.15) is 0 Å². The maximum absolute atomic E-state index is 6.28. The van der Waals surface area contributed by atoms with Crippen molar-refractivity contribution in [3.63, 3.8) is 0 Å². The zero-order valence-corrected chi connectivity index (χ0v) is 26.6. The van der Waals surface area contributed by atoms with Gasteiger partial charge >= 0.3 is 0 Å². The molecule has 0 aliphatic carbocycles. The lowest BCUT2D eigenvalue weighted by Crippen LogP contribution is -1.98. The Kier molecular flexibility index (Phi) is 7.14. The molecule has 0 amide bonds. The van der Waals surface area contributed by atoms with Gasteiger partial charge in [0.15, 0.2) is 5.82 Å². The highest BCUT2D eigenvalue weighted by Crippen LogP contribution is 2.41. The van der Waals surface area contributed by atoms with E-state index in [4.69, 9.17) is 14.4 Å². The smallest absolute Gasteiger partial charge is 0.161 e. The lowest BCUT2D eigenvalue weighted by molar-refractivity contribution is 0.669. The normalized spacial score (nSPS) is 11.3. The summed E-state index contributed by atoms with van der Waals surface area (Å²) in [4.78, 5) is 10.6. The molecular weight excluding hydrogens is 597 g/mol. The van der Waals surface area contributed by atoms with Crippen molar-refractivity contribution < 1.29 is 4.42 Å². The van der Waals surface area contributed by atoms with Crippen molar-refractivity contribution in [2.24, 2.45) is 0 Å². The molecular formula is C46H30N2O. The zero-order chi connectivity index (χ0) is 32.6. The summed E-state index contributed by atoms with van der Waals surface area (Å²) < 4.78 is 6.28. The van der Waals surface area contributed by atoms with E-state index < -0.39 is 0 Å². The van der Waals surface area contributed by atoms with Crippen LogP contribution >= 0.6 is 0 Å². The first kappa shape index (κ1) is 28.6. The van der Waals surface area contributed by atoms with E-state index in [2.05, 4.69) is 158 Å². The predicted molar refractivity (Wildman–Crippen MR) is 202 cm³/mol. The van der Waals surface area contributed by atoms with E-state index >= 15 is 0 Å². The number of fused-ring (bicyclic) bond motifs is 3. The summed E-state index contributed by atoms with van der Waals surface area (Å²) in [6.07, 6.45) is 0. The molecule has 0 spiro atoms. The first-order valence-corrected chi connectivity index (χ1v) is 16.5. The maximum atomic E-state index is 6.28. The molecule has 0 saturated carbocycles. The summed E-state index contributed by atoms with van der Waals surface area (Å²) in [7, 11) is 0. The molecule has 2 aromatic heterocycles. The lowest BCUT2D eigenvalue weighted by atomic mass is 9.93. The summed E-state index contributed by atoms with van der Waals surface area (Å²) in [6, 6.07) is 63.2. The number of para-hydroxylation sites is 1. The van der Waals surface area contributed by atoms with Crippen LogP contribution in [-0.4, -0.2) is 9.97 Å². The second-order valence-corrected chi connectivity index (χ2v) is 12.2. The molecule has 230 valence electrons. The fourth-order valence-electron chi connectivity index (χ4n) is 6.75. The number of rotatable bonds is 6. The standard InChI is InChI=1S/C46H30N2O/c1-4-15-31(16-5-1)34-27-35(32-17-6-2-7-18-32)29-36(28-34)42-30-41(33-19-8-3-9-20-33)47-46(48-42)39-22-11-10-21-37(39)38-24-14-26-44-45(38)40-23-12-13-25-43(40)49-44/h1-30H. The SMILES string of the molecule is c1ccc(-c2cc(-c3ccccc3)cc(-c3cc(-c4ccccc4)nc(-c4ccccc4-c4cccc5oc6ccccc6c45)n3)c2)cc1. The topological polar surface area (TPSA) is 38.9 Å². The number of hydrogen-bond acceptors (Lipinski definition) is 3. The van der Waals surface area contributed by atoms with E-state index in [9.17, 15) is 0 Å². The van der Waals surface area contributed by atoms with Crippen LogP contribution in [0.15, 0.2) is 186 Å². The number of benzene rings is 7. The molecule has 0 aliphatic heterocycles. The third kappa shape index (κ3) is 5.38. The number of nitrogens with zero attached hydrogens (tertiary/aromatic N) is 2. The highest BCUT2D eigenvalue weighted by molar-refractivity contribution is 6.13. The van der Waals surface area contributed by atoms with Crippen LogP contribution in [-0.2, 0) is 0 Å². The highest BCUT2D eigenvalue weighted by atomic mass is 16.3. The molecule has 49 heavy (non-hydrogen) atoms. The van der Waals surface area contributed by atoms with E-state index in [1.54, 1.807) is 0 Å². The molecule has 0 bridgehead atoms. The van der Waals surface area contributed by atoms with Crippen molar-refractivity contribution in [2.75, 3.05) is 0 Å². The van der Waals surface area contributed by atoms with Crippen LogP contribution in [0.3, 0.4) is 0 Å². The van der Waals surface area contributed by atoms with Gasteiger partial charge in [0.05, 0.1) is 11.4 Å². The maximum Gasteiger partial charge on any atom is 0.161 e. The Balaban J connectivity index is 1.29. The van der Waals surface area contributed by atoms with Gasteiger partial charge in [-0.1, -0.05) is 146 Å². The minimum Gasteiger partial charge on any atom is -0.456 e. The monoisotopic (exact) mass is 626 g/mol. The van der Waals surface area contributed by atoms with Crippen molar-refractivity contribution in [3.8, 4) is 67.3 Å². The lowest BCUT2D eigenvalue weighted by Gasteiger charge is -2.15. The Morgan fingerprint density at radius 2 is 0.816 bits per heavy atom. The average molecular weight is 627 g/mol. The first-order chi connectivity index (χ1) is 24.3. The van der Waals surface area contributed by atoms with Gasteiger partial charge in [-0.2, -0.15) is 0 Å². The van der Waals surface area contributed by atoms with Crippen molar-refractivity contribution >= 4 is 21.9 Å². The molecule has 0 N–H and O–H groups in total. The van der Waals surface area contributed by atoms with Crippen molar-refractivity contribution in [1.29, 1.82) is 0 Å². The van der Waals surface area contributed by atoms with Gasteiger partial charge in [0.1, 0.15) is 11.2 Å². The van der Waals surface area contributed by atoms with Gasteiger partial charge in [0, 0.05) is 27.5 Å². The summed E-state index contributed by atoms with van der Waals surface area (Å²) in [6.45, 7) is 0. The fraction of sp³-hybridized carbons (Fsp3) is 0. The minimum absolute atomic E-state index is 0.670. The number of furan rings is 1. The molecule has 0 radical (unpaired) electrons. The predicted octanol–water partition coefficient (Wildman–Crippen LogP) is 12.4. The summed E-state index contributed by atoms with van der Waals surface area (Å²) in [5.41, 5.74) is 13.2. The van der Waals surface area contributed by atoms with Gasteiger partial charge < -0.3 is 4.42 Å². The summed E-state index contributed by atoms with van der Waals surface area (Å²) >= 11 is 0. The van der Waals surface area contributed by atoms with Gasteiger partial charge in [-0.15, -0.1) is 0 Å². The third-order valence-corrected chi connectivity index (χ3v) is 9.10. The van der Waals surface area contributed by atoms with E-state index in [1.807, 2.05) is 24.3 Å². The molecule has 0 aliphatic rings. The number of aromatic nitrogens is 2. The average Bonchev–Trinajstić information content (AvgIpc) is 3.58. The minimum atomic E-state index is 0.670. The molecule has 0 fully saturated rings. The Bertz CT molecular complexity index is 2530. The summed E-state index contributed by atoms with van der Waals surface area (Å²) in [5, 5.41) is 2.18. The second kappa shape index (κ2) is 12.2. The molecule has 9 rings (SSSR count). The van der Waals surface area contributed by atoms with Crippen LogP contribution in [0.25, 0.3) is 89.2 Å². The van der Waals surface area contributed by atoms with Crippen LogP contribution in [0.5, 0.6) is 0 Å². The van der Waals surface area contributed by atoms with E-state index in [0.717, 1.165) is 83.4 Å². The van der Waals surface area contributed by atoms with E-state index in [1.165, 1.54) is 0 Å². The first-order valence-electron chi connectivity index (χ1n) is 16.5. The largest absolute Gasteiger partial charge is 0.456 e. The molecule has 3 nitrogen and oxygen atoms in total. The highest BCUT2D eigenvalue weighted by Gasteiger charge is 2.19. The third-order valence-electron chi connectivity index (χ3n) is 9.10. The molecule has 7 aromatic carbocycles. The van der Waals surface area contributed by atoms with Gasteiger partial charge in [-0.05, 0) is 69.8 Å².